The number of benzene rings is 1. The number of hydrogen-bond acceptors (Lipinski definition) is 6. The summed E-state index contributed by atoms with van der Waals surface area (Å²) in [4.78, 5) is 14.4. The van der Waals surface area contributed by atoms with E-state index < -0.39 is 0 Å². The second kappa shape index (κ2) is 11.0. The van der Waals surface area contributed by atoms with E-state index in [1.54, 1.807) is 27.4 Å². The van der Waals surface area contributed by atoms with E-state index in [0.717, 1.165) is 38.2 Å². The van der Waals surface area contributed by atoms with Crippen molar-refractivity contribution in [1.82, 2.24) is 15.5 Å². The van der Waals surface area contributed by atoms with Crippen molar-refractivity contribution < 1.29 is 19.0 Å². The van der Waals surface area contributed by atoms with Crippen LogP contribution >= 0.6 is 12.4 Å². The van der Waals surface area contributed by atoms with Gasteiger partial charge >= 0.3 is 0 Å². The Hall–Kier alpha value is -1.70. The highest BCUT2D eigenvalue weighted by molar-refractivity contribution is 5.85. The van der Waals surface area contributed by atoms with Crippen LogP contribution in [0.15, 0.2) is 12.1 Å². The molecule has 0 radical (unpaired) electrons. The van der Waals surface area contributed by atoms with E-state index in [1.165, 1.54) is 0 Å². The van der Waals surface area contributed by atoms with Crippen LogP contribution in [0.2, 0.25) is 0 Å². The van der Waals surface area contributed by atoms with Crippen LogP contribution in [0.1, 0.15) is 12.0 Å². The zero-order chi connectivity index (χ0) is 17.4. The molecule has 7 nitrogen and oxygen atoms in total. The highest BCUT2D eigenvalue weighted by atomic mass is 35.5. The number of nitrogens with one attached hydrogen (secondary N) is 2. The summed E-state index contributed by atoms with van der Waals surface area (Å²) in [6.45, 7) is 4.58. The molecule has 1 aromatic carbocycles. The molecule has 0 atom stereocenters. The van der Waals surface area contributed by atoms with Crippen LogP contribution in [-0.4, -0.2) is 64.9 Å². The summed E-state index contributed by atoms with van der Waals surface area (Å²) in [6.07, 6.45) is 1.07. The molecule has 0 aliphatic carbocycles. The predicted octanol–water partition coefficient (Wildman–Crippen LogP) is 1.05. The third-order valence-corrected chi connectivity index (χ3v) is 4.06. The molecule has 2 N–H and O–H groups in total. The Bertz CT molecular complexity index is 549. The van der Waals surface area contributed by atoms with E-state index in [1.807, 2.05) is 6.07 Å². The maximum absolute atomic E-state index is 12.2. The van der Waals surface area contributed by atoms with E-state index in [2.05, 4.69) is 15.5 Å². The number of rotatable bonds is 7. The van der Waals surface area contributed by atoms with Gasteiger partial charge in [-0.25, -0.2) is 0 Å². The largest absolute Gasteiger partial charge is 0.496 e. The highest BCUT2D eigenvalue weighted by Gasteiger charge is 2.15. The van der Waals surface area contributed by atoms with Gasteiger partial charge in [-0.3, -0.25) is 9.69 Å². The van der Waals surface area contributed by atoms with E-state index >= 15 is 0 Å². The van der Waals surface area contributed by atoms with Crippen LogP contribution in [0.4, 0.5) is 0 Å². The molecular weight excluding hydrogens is 346 g/mol. The Balaban J connectivity index is 0.00000312. The van der Waals surface area contributed by atoms with Crippen LogP contribution in [0.25, 0.3) is 0 Å². The molecule has 1 heterocycles. The molecule has 0 unspecified atom stereocenters. The van der Waals surface area contributed by atoms with Gasteiger partial charge in [-0.15, -0.1) is 12.4 Å². The second-order valence-electron chi connectivity index (χ2n) is 5.68. The Kier molecular flexibility index (Phi) is 9.41. The first-order valence-electron chi connectivity index (χ1n) is 8.16. The Morgan fingerprint density at radius 1 is 1.08 bits per heavy atom. The van der Waals surface area contributed by atoms with Crippen molar-refractivity contribution >= 4 is 18.3 Å². The number of nitrogens with zero attached hydrogens (tertiary/aromatic N) is 1. The first-order valence-corrected chi connectivity index (χ1v) is 8.16. The minimum Gasteiger partial charge on any atom is -0.496 e. The van der Waals surface area contributed by atoms with Gasteiger partial charge in [0.25, 0.3) is 0 Å². The molecular formula is C17H28ClN3O4. The van der Waals surface area contributed by atoms with E-state index in [9.17, 15) is 4.79 Å². The van der Waals surface area contributed by atoms with Crippen LogP contribution in [-0.2, 0) is 11.3 Å². The van der Waals surface area contributed by atoms with E-state index in [-0.39, 0.29) is 18.3 Å². The zero-order valence-corrected chi connectivity index (χ0v) is 15.9. The molecule has 1 fully saturated rings. The van der Waals surface area contributed by atoms with Crippen molar-refractivity contribution in [2.45, 2.75) is 13.0 Å². The maximum atomic E-state index is 12.2. The van der Waals surface area contributed by atoms with Crippen molar-refractivity contribution in [3.63, 3.8) is 0 Å². The Morgan fingerprint density at radius 3 is 2.44 bits per heavy atom. The molecule has 0 aromatic heterocycles. The lowest BCUT2D eigenvalue weighted by Gasteiger charge is -2.19. The number of carbonyl (C=O) groups is 1. The van der Waals surface area contributed by atoms with Gasteiger partial charge in [0.2, 0.25) is 5.91 Å². The third kappa shape index (κ3) is 6.26. The number of ether oxygens (including phenoxy) is 3. The number of methoxy groups -OCH3 is 3. The van der Waals surface area contributed by atoms with Gasteiger partial charge < -0.3 is 24.8 Å². The smallest absolute Gasteiger partial charge is 0.234 e. The number of carbonyl (C=O) groups excluding carboxylic acids is 1. The van der Waals surface area contributed by atoms with E-state index in [4.69, 9.17) is 14.2 Å². The molecule has 1 aromatic rings. The number of hydrogen-bond donors (Lipinski definition) is 2. The quantitative estimate of drug-likeness (QED) is 0.744. The summed E-state index contributed by atoms with van der Waals surface area (Å²) >= 11 is 0. The normalized spacial score (nSPS) is 14.8. The summed E-state index contributed by atoms with van der Waals surface area (Å²) < 4.78 is 16.0. The fourth-order valence-corrected chi connectivity index (χ4v) is 2.74. The molecule has 142 valence electrons. The minimum atomic E-state index is 0. The molecule has 1 aliphatic heterocycles. The zero-order valence-electron chi connectivity index (χ0n) is 15.1. The molecule has 0 spiro atoms. The summed E-state index contributed by atoms with van der Waals surface area (Å²) in [5.74, 6) is 1.88. The molecule has 1 amide bonds. The lowest BCUT2D eigenvalue weighted by Crippen LogP contribution is -2.38. The van der Waals surface area contributed by atoms with Gasteiger partial charge in [0.1, 0.15) is 5.75 Å². The third-order valence-electron chi connectivity index (χ3n) is 4.06. The molecule has 2 rings (SSSR count). The van der Waals surface area contributed by atoms with Crippen molar-refractivity contribution in [2.75, 3.05) is 54.1 Å². The van der Waals surface area contributed by atoms with Gasteiger partial charge in [-0.05, 0) is 25.6 Å². The average Bonchev–Trinajstić information content (AvgIpc) is 2.87. The van der Waals surface area contributed by atoms with Crippen molar-refractivity contribution in [3.05, 3.63) is 17.7 Å². The van der Waals surface area contributed by atoms with Crippen LogP contribution in [0.3, 0.4) is 0 Å². The molecule has 1 aliphatic rings. The van der Waals surface area contributed by atoms with Crippen LogP contribution in [0, 0.1) is 0 Å². The second-order valence-corrected chi connectivity index (χ2v) is 5.68. The first kappa shape index (κ1) is 21.3. The summed E-state index contributed by atoms with van der Waals surface area (Å²) in [7, 11) is 4.76. The van der Waals surface area contributed by atoms with Gasteiger partial charge in [0, 0.05) is 31.3 Å². The van der Waals surface area contributed by atoms with Crippen LogP contribution < -0.4 is 24.8 Å². The molecule has 25 heavy (non-hydrogen) atoms. The monoisotopic (exact) mass is 373 g/mol. The van der Waals surface area contributed by atoms with E-state index in [0.29, 0.717) is 30.3 Å². The van der Waals surface area contributed by atoms with Gasteiger partial charge in [-0.1, -0.05) is 0 Å². The summed E-state index contributed by atoms with van der Waals surface area (Å²) in [6, 6.07) is 3.59. The van der Waals surface area contributed by atoms with Gasteiger partial charge in [0.15, 0.2) is 11.5 Å². The minimum absolute atomic E-state index is 0. The molecule has 0 saturated carbocycles. The SMILES string of the molecule is COc1cc(OC)c(OC)cc1CNC(=O)CN1CCCNCC1.Cl. The number of halogens is 1. The maximum Gasteiger partial charge on any atom is 0.234 e. The lowest BCUT2D eigenvalue weighted by atomic mass is 10.1. The van der Waals surface area contributed by atoms with Crippen LogP contribution in [0.5, 0.6) is 17.2 Å². The fraction of sp³-hybridized carbons (Fsp3) is 0.588. The molecule has 0 bridgehead atoms. The average molecular weight is 374 g/mol. The van der Waals surface area contributed by atoms with Crippen molar-refractivity contribution in [1.29, 1.82) is 0 Å². The summed E-state index contributed by atoms with van der Waals surface area (Å²) in [5, 5.41) is 6.28. The lowest BCUT2D eigenvalue weighted by molar-refractivity contribution is -0.122. The molecule has 8 heteroatoms. The molecule has 1 saturated heterocycles. The predicted molar refractivity (Wildman–Crippen MR) is 99.1 cm³/mol. The number of amides is 1. The first-order chi connectivity index (χ1) is 11.7. The summed E-state index contributed by atoms with van der Waals surface area (Å²) in [5.41, 5.74) is 0.848. The fourth-order valence-electron chi connectivity index (χ4n) is 2.74. The van der Waals surface area contributed by atoms with Gasteiger partial charge in [0.05, 0.1) is 27.9 Å². The van der Waals surface area contributed by atoms with Crippen molar-refractivity contribution in [2.24, 2.45) is 0 Å². The highest BCUT2D eigenvalue weighted by Crippen LogP contribution is 2.34. The topological polar surface area (TPSA) is 72.1 Å². The standard InChI is InChI=1S/C17H27N3O4.ClH/c1-22-14-10-16(24-3)15(23-2)9-13(14)11-19-17(21)12-20-7-4-5-18-6-8-20;/h9-10,18H,4-8,11-12H2,1-3H3,(H,19,21);1H. The Labute approximate surface area is 155 Å². The van der Waals surface area contributed by atoms with Gasteiger partial charge in [-0.2, -0.15) is 0 Å². The Morgan fingerprint density at radius 2 is 1.76 bits per heavy atom. The van der Waals surface area contributed by atoms with Crippen molar-refractivity contribution in [3.8, 4) is 17.2 Å².